The first-order valence-corrected chi connectivity index (χ1v) is 11.8. The third-order valence-corrected chi connectivity index (χ3v) is 6.85. The molecule has 31 heavy (non-hydrogen) atoms. The predicted molar refractivity (Wildman–Crippen MR) is 125 cm³/mol. The van der Waals surface area contributed by atoms with Crippen LogP contribution in [-0.2, 0) is 4.79 Å². The minimum Gasteiger partial charge on any atom is -0.356 e. The Kier molecular flexibility index (Phi) is 6.91. The zero-order valence-corrected chi connectivity index (χ0v) is 18.8. The van der Waals surface area contributed by atoms with E-state index >= 15 is 0 Å². The molecular formula is C26H35N3O2. The monoisotopic (exact) mass is 421 g/mol. The fraction of sp³-hybridized carbons (Fsp3) is 0.538. The lowest BCUT2D eigenvalue weighted by atomic mass is 9.92. The Morgan fingerprint density at radius 1 is 0.935 bits per heavy atom. The summed E-state index contributed by atoms with van der Waals surface area (Å²) in [6, 6.07) is 14.7. The Hall–Kier alpha value is -2.40. The number of hydrogen-bond donors (Lipinski definition) is 1. The molecule has 5 heteroatoms. The Labute approximate surface area is 185 Å². The summed E-state index contributed by atoms with van der Waals surface area (Å²) >= 11 is 0. The number of hydrogen-bond acceptors (Lipinski definition) is 3. The number of benzene rings is 2. The zero-order chi connectivity index (χ0) is 21.8. The van der Waals surface area contributed by atoms with E-state index in [0.29, 0.717) is 12.0 Å². The standard InChI is InChI=1S/C26H35N3O2/c1-19(2)18-27-25(30)21-9-13-28(14-10-21)24-11-15-29(16-12-24)26(31)23-8-7-20-5-3-4-6-22(20)17-23/h3-8,17,19,21,24H,9-16,18H2,1-2H3,(H,27,30). The number of carbonyl (C=O) groups is 2. The van der Waals surface area contributed by atoms with Gasteiger partial charge in [0.2, 0.25) is 5.91 Å². The molecule has 0 saturated carbocycles. The topological polar surface area (TPSA) is 52.7 Å². The summed E-state index contributed by atoms with van der Waals surface area (Å²) in [5, 5.41) is 5.37. The number of nitrogens with one attached hydrogen (secondary N) is 1. The van der Waals surface area contributed by atoms with Gasteiger partial charge in [-0.2, -0.15) is 0 Å². The number of carbonyl (C=O) groups excluding carboxylic acids is 2. The van der Waals surface area contributed by atoms with E-state index in [0.717, 1.165) is 69.4 Å². The van der Waals surface area contributed by atoms with E-state index in [1.54, 1.807) is 0 Å². The highest BCUT2D eigenvalue weighted by Crippen LogP contribution is 2.25. The highest BCUT2D eigenvalue weighted by Gasteiger charge is 2.31. The van der Waals surface area contributed by atoms with Gasteiger partial charge in [-0.15, -0.1) is 0 Å². The van der Waals surface area contributed by atoms with Gasteiger partial charge in [0.25, 0.3) is 5.91 Å². The van der Waals surface area contributed by atoms with E-state index < -0.39 is 0 Å². The average Bonchev–Trinajstić information content (AvgIpc) is 2.82. The fourth-order valence-electron chi connectivity index (χ4n) is 4.91. The number of rotatable bonds is 5. The normalized spacial score (nSPS) is 19.1. The number of likely N-dealkylation sites (tertiary alicyclic amines) is 2. The SMILES string of the molecule is CC(C)CNC(=O)C1CCN(C2CCN(C(=O)c3ccc4ccccc4c3)CC2)CC1. The molecule has 2 aromatic rings. The first-order chi connectivity index (χ1) is 15.0. The zero-order valence-electron chi connectivity index (χ0n) is 18.8. The van der Waals surface area contributed by atoms with E-state index in [9.17, 15) is 9.59 Å². The summed E-state index contributed by atoms with van der Waals surface area (Å²) in [7, 11) is 0. The van der Waals surface area contributed by atoms with Crippen LogP contribution < -0.4 is 5.32 Å². The van der Waals surface area contributed by atoms with Gasteiger partial charge < -0.3 is 15.1 Å². The molecule has 2 saturated heterocycles. The minimum atomic E-state index is 0.143. The van der Waals surface area contributed by atoms with Crippen LogP contribution >= 0.6 is 0 Å². The minimum absolute atomic E-state index is 0.143. The molecule has 2 heterocycles. The third-order valence-electron chi connectivity index (χ3n) is 6.85. The Morgan fingerprint density at radius 2 is 1.61 bits per heavy atom. The molecule has 2 aromatic carbocycles. The van der Waals surface area contributed by atoms with Gasteiger partial charge in [0.1, 0.15) is 0 Å². The molecule has 2 aliphatic heterocycles. The molecule has 2 fully saturated rings. The predicted octanol–water partition coefficient (Wildman–Crippen LogP) is 3.93. The lowest BCUT2D eigenvalue weighted by molar-refractivity contribution is -0.126. The summed E-state index contributed by atoms with van der Waals surface area (Å²) in [6.45, 7) is 8.62. The first kappa shape index (κ1) is 21.8. The molecule has 2 amide bonds. The van der Waals surface area contributed by atoms with Crippen LogP contribution in [0, 0.1) is 11.8 Å². The van der Waals surface area contributed by atoms with Crippen LogP contribution in [0.15, 0.2) is 42.5 Å². The van der Waals surface area contributed by atoms with Crippen molar-refractivity contribution in [2.24, 2.45) is 11.8 Å². The summed E-state index contributed by atoms with van der Waals surface area (Å²) in [4.78, 5) is 29.9. The molecule has 4 rings (SSSR count). The molecule has 0 spiro atoms. The summed E-state index contributed by atoms with van der Waals surface area (Å²) < 4.78 is 0. The van der Waals surface area contributed by atoms with Gasteiger partial charge in [-0.05, 0) is 67.6 Å². The van der Waals surface area contributed by atoms with Crippen LogP contribution in [0.1, 0.15) is 49.9 Å². The van der Waals surface area contributed by atoms with Crippen molar-refractivity contribution in [1.82, 2.24) is 15.1 Å². The third kappa shape index (κ3) is 5.27. The van der Waals surface area contributed by atoms with Gasteiger partial charge in [0, 0.05) is 37.2 Å². The molecular weight excluding hydrogens is 386 g/mol. The maximum Gasteiger partial charge on any atom is 0.253 e. The van der Waals surface area contributed by atoms with Crippen LogP contribution in [0.4, 0.5) is 0 Å². The second-order valence-electron chi connectivity index (χ2n) is 9.53. The van der Waals surface area contributed by atoms with Gasteiger partial charge in [-0.1, -0.05) is 44.2 Å². The van der Waals surface area contributed by atoms with Gasteiger partial charge in [-0.25, -0.2) is 0 Å². The Morgan fingerprint density at radius 3 is 2.29 bits per heavy atom. The first-order valence-electron chi connectivity index (χ1n) is 11.8. The van der Waals surface area contributed by atoms with Gasteiger partial charge in [0.15, 0.2) is 0 Å². The number of piperidine rings is 2. The molecule has 1 N–H and O–H groups in total. The van der Waals surface area contributed by atoms with Crippen LogP contribution in [0.25, 0.3) is 10.8 Å². The Bertz CT molecular complexity index is 910. The van der Waals surface area contributed by atoms with Crippen molar-refractivity contribution in [3.63, 3.8) is 0 Å². The summed E-state index contributed by atoms with van der Waals surface area (Å²) in [5.74, 6) is 1.02. The van der Waals surface area contributed by atoms with Crippen LogP contribution in [0.2, 0.25) is 0 Å². The van der Waals surface area contributed by atoms with E-state index in [1.807, 2.05) is 35.2 Å². The maximum absolute atomic E-state index is 13.0. The van der Waals surface area contributed by atoms with E-state index in [-0.39, 0.29) is 17.7 Å². The molecule has 2 aliphatic rings. The smallest absolute Gasteiger partial charge is 0.253 e. The van der Waals surface area contributed by atoms with Crippen molar-refractivity contribution < 1.29 is 9.59 Å². The fourth-order valence-corrected chi connectivity index (χ4v) is 4.91. The summed E-state index contributed by atoms with van der Waals surface area (Å²) in [5.41, 5.74) is 0.783. The number of amides is 2. The van der Waals surface area contributed by atoms with Gasteiger partial charge >= 0.3 is 0 Å². The second kappa shape index (κ2) is 9.82. The molecule has 0 bridgehead atoms. The van der Waals surface area contributed by atoms with Crippen LogP contribution in [-0.4, -0.2) is 60.4 Å². The van der Waals surface area contributed by atoms with E-state index in [4.69, 9.17) is 0 Å². The second-order valence-corrected chi connectivity index (χ2v) is 9.53. The lowest BCUT2D eigenvalue weighted by Crippen LogP contribution is -2.50. The summed E-state index contributed by atoms with van der Waals surface area (Å²) in [6.07, 6.45) is 3.92. The highest BCUT2D eigenvalue weighted by molar-refractivity contribution is 5.98. The molecule has 0 radical (unpaired) electrons. The van der Waals surface area contributed by atoms with Gasteiger partial charge in [-0.3, -0.25) is 9.59 Å². The van der Waals surface area contributed by atoms with E-state index in [1.165, 1.54) is 5.39 Å². The van der Waals surface area contributed by atoms with Crippen molar-refractivity contribution >= 4 is 22.6 Å². The van der Waals surface area contributed by atoms with Crippen molar-refractivity contribution in [3.05, 3.63) is 48.0 Å². The van der Waals surface area contributed by atoms with Gasteiger partial charge in [0.05, 0.1) is 0 Å². The quantitative estimate of drug-likeness (QED) is 0.796. The van der Waals surface area contributed by atoms with Crippen molar-refractivity contribution in [3.8, 4) is 0 Å². The van der Waals surface area contributed by atoms with Crippen LogP contribution in [0.5, 0.6) is 0 Å². The Balaban J connectivity index is 1.26. The van der Waals surface area contributed by atoms with Crippen molar-refractivity contribution in [2.75, 3.05) is 32.7 Å². The largest absolute Gasteiger partial charge is 0.356 e. The molecule has 0 unspecified atom stereocenters. The lowest BCUT2D eigenvalue weighted by Gasteiger charge is -2.41. The molecule has 0 aromatic heterocycles. The molecule has 0 aliphatic carbocycles. The molecule has 5 nitrogen and oxygen atoms in total. The van der Waals surface area contributed by atoms with Crippen molar-refractivity contribution in [1.29, 1.82) is 0 Å². The van der Waals surface area contributed by atoms with E-state index in [2.05, 4.69) is 36.2 Å². The molecule has 166 valence electrons. The van der Waals surface area contributed by atoms with Crippen molar-refractivity contribution in [2.45, 2.75) is 45.6 Å². The number of fused-ring (bicyclic) bond motifs is 1. The molecule has 0 atom stereocenters. The number of nitrogens with zero attached hydrogens (tertiary/aromatic N) is 2. The maximum atomic E-state index is 13.0. The van der Waals surface area contributed by atoms with Crippen LogP contribution in [0.3, 0.4) is 0 Å². The average molecular weight is 422 g/mol. The highest BCUT2D eigenvalue weighted by atomic mass is 16.2.